The van der Waals surface area contributed by atoms with Crippen molar-refractivity contribution < 1.29 is 9.18 Å². The van der Waals surface area contributed by atoms with Crippen LogP contribution in [0.3, 0.4) is 0 Å². The van der Waals surface area contributed by atoms with Gasteiger partial charge in [-0.2, -0.15) is 0 Å². The Morgan fingerprint density at radius 3 is 2.60 bits per heavy atom. The Hall–Kier alpha value is -2.60. The van der Waals surface area contributed by atoms with Gasteiger partial charge in [-0.25, -0.2) is 4.39 Å². The van der Waals surface area contributed by atoms with Crippen LogP contribution < -0.4 is 4.90 Å². The Balaban J connectivity index is 1.91. The van der Waals surface area contributed by atoms with Crippen molar-refractivity contribution in [3.8, 4) is 10.6 Å². The molecule has 0 radical (unpaired) electrons. The van der Waals surface area contributed by atoms with Gasteiger partial charge in [0.25, 0.3) is 5.91 Å². The number of anilines is 1. The lowest BCUT2D eigenvalue weighted by atomic mass is 10.2. The predicted octanol–water partition coefficient (Wildman–Crippen LogP) is 4.71. The van der Waals surface area contributed by atoms with Crippen LogP contribution in [0.1, 0.15) is 29.3 Å². The summed E-state index contributed by atoms with van der Waals surface area (Å²) in [5.41, 5.74) is 2.44. The van der Waals surface area contributed by atoms with Crippen LogP contribution in [0.4, 0.5) is 9.52 Å². The van der Waals surface area contributed by atoms with E-state index in [1.807, 2.05) is 38.1 Å². The maximum absolute atomic E-state index is 13.4. The summed E-state index contributed by atoms with van der Waals surface area (Å²) in [5.74, 6) is -0.701. The van der Waals surface area contributed by atoms with Gasteiger partial charge in [-0.3, -0.25) is 9.69 Å². The Labute approximate surface area is 150 Å². The number of rotatable bonds is 5. The molecule has 0 N–H and O–H groups in total. The SMILES string of the molecule is CCCN(C(=O)c1cccc(F)c1)c1nnc(-c2ccc(C)cc2)s1. The molecule has 0 saturated carbocycles. The van der Waals surface area contributed by atoms with Crippen molar-refractivity contribution in [2.75, 3.05) is 11.4 Å². The van der Waals surface area contributed by atoms with Crippen LogP contribution in [0.15, 0.2) is 48.5 Å². The minimum Gasteiger partial charge on any atom is -0.283 e. The number of nitrogens with zero attached hydrogens (tertiary/aromatic N) is 3. The van der Waals surface area contributed by atoms with Crippen LogP contribution >= 0.6 is 11.3 Å². The topological polar surface area (TPSA) is 46.1 Å². The molecule has 0 aliphatic carbocycles. The molecule has 0 saturated heterocycles. The van der Waals surface area contributed by atoms with E-state index in [9.17, 15) is 9.18 Å². The van der Waals surface area contributed by atoms with Crippen molar-refractivity contribution in [2.45, 2.75) is 20.3 Å². The molecule has 3 rings (SSSR count). The second kappa shape index (κ2) is 7.53. The molecule has 1 aromatic heterocycles. The molecule has 0 aliphatic heterocycles. The number of hydrogen-bond acceptors (Lipinski definition) is 4. The van der Waals surface area contributed by atoms with Gasteiger partial charge in [0, 0.05) is 17.7 Å². The number of carbonyl (C=O) groups is 1. The third kappa shape index (κ3) is 3.91. The molecule has 25 heavy (non-hydrogen) atoms. The molecule has 0 bridgehead atoms. The molecule has 0 fully saturated rings. The molecular weight excluding hydrogens is 337 g/mol. The Morgan fingerprint density at radius 1 is 1.16 bits per heavy atom. The zero-order valence-corrected chi connectivity index (χ0v) is 14.9. The van der Waals surface area contributed by atoms with Gasteiger partial charge in [-0.15, -0.1) is 10.2 Å². The first kappa shape index (κ1) is 17.2. The van der Waals surface area contributed by atoms with E-state index in [0.717, 1.165) is 17.0 Å². The standard InChI is InChI=1S/C19H18FN3OS/c1-3-11-23(18(24)15-5-4-6-16(20)12-15)19-22-21-17(25-19)14-9-7-13(2)8-10-14/h4-10,12H,3,11H2,1-2H3. The Kier molecular flexibility index (Phi) is 5.19. The minimum atomic E-state index is -0.431. The molecule has 2 aromatic carbocycles. The van der Waals surface area contributed by atoms with Crippen molar-refractivity contribution >= 4 is 22.4 Å². The second-order valence-corrected chi connectivity index (χ2v) is 6.68. The third-order valence-electron chi connectivity index (χ3n) is 3.71. The number of benzene rings is 2. The normalized spacial score (nSPS) is 10.7. The summed E-state index contributed by atoms with van der Waals surface area (Å²) in [5, 5.41) is 9.67. The highest BCUT2D eigenvalue weighted by atomic mass is 32.1. The molecule has 1 heterocycles. The van der Waals surface area contributed by atoms with E-state index >= 15 is 0 Å². The first-order valence-electron chi connectivity index (χ1n) is 8.06. The first-order chi connectivity index (χ1) is 12.1. The van der Waals surface area contributed by atoms with Gasteiger partial charge in [0.15, 0.2) is 0 Å². The van der Waals surface area contributed by atoms with Crippen LogP contribution in [0, 0.1) is 12.7 Å². The highest BCUT2D eigenvalue weighted by molar-refractivity contribution is 7.18. The van der Waals surface area contributed by atoms with Gasteiger partial charge in [0.2, 0.25) is 5.13 Å². The quantitative estimate of drug-likeness (QED) is 0.666. The average molecular weight is 355 g/mol. The van der Waals surface area contributed by atoms with Gasteiger partial charge in [0.05, 0.1) is 0 Å². The number of hydrogen-bond donors (Lipinski definition) is 0. The smallest absolute Gasteiger partial charge is 0.260 e. The monoisotopic (exact) mass is 355 g/mol. The fourth-order valence-corrected chi connectivity index (χ4v) is 3.30. The Bertz CT molecular complexity index is 876. The summed E-state index contributed by atoms with van der Waals surface area (Å²) in [7, 11) is 0. The molecule has 128 valence electrons. The zero-order valence-electron chi connectivity index (χ0n) is 14.1. The van der Waals surface area contributed by atoms with Gasteiger partial charge in [-0.1, -0.05) is 54.2 Å². The van der Waals surface area contributed by atoms with E-state index in [4.69, 9.17) is 0 Å². The van der Waals surface area contributed by atoms with Crippen LogP contribution in [0.5, 0.6) is 0 Å². The molecule has 0 spiro atoms. The average Bonchev–Trinajstić information content (AvgIpc) is 3.09. The highest BCUT2D eigenvalue weighted by Crippen LogP contribution is 2.29. The molecule has 0 atom stereocenters. The fraction of sp³-hybridized carbons (Fsp3) is 0.211. The van der Waals surface area contributed by atoms with Gasteiger partial charge >= 0.3 is 0 Å². The number of amides is 1. The molecule has 6 heteroatoms. The molecule has 0 unspecified atom stereocenters. The third-order valence-corrected chi connectivity index (χ3v) is 4.70. The van der Waals surface area contributed by atoms with Crippen LogP contribution in [-0.4, -0.2) is 22.6 Å². The summed E-state index contributed by atoms with van der Waals surface area (Å²) in [6.45, 7) is 4.50. The molecule has 1 amide bonds. The number of aromatic nitrogens is 2. The summed E-state index contributed by atoms with van der Waals surface area (Å²) in [4.78, 5) is 14.3. The molecule has 4 nitrogen and oxygen atoms in total. The molecule has 3 aromatic rings. The van der Waals surface area contributed by atoms with E-state index < -0.39 is 5.82 Å². The van der Waals surface area contributed by atoms with E-state index in [1.54, 1.807) is 11.0 Å². The lowest BCUT2D eigenvalue weighted by Crippen LogP contribution is -2.31. The Morgan fingerprint density at radius 2 is 1.92 bits per heavy atom. The van der Waals surface area contributed by atoms with Crippen LogP contribution in [-0.2, 0) is 0 Å². The predicted molar refractivity (Wildman–Crippen MR) is 98.4 cm³/mol. The summed E-state index contributed by atoms with van der Waals surface area (Å²) >= 11 is 1.36. The van der Waals surface area contributed by atoms with Gasteiger partial charge < -0.3 is 0 Å². The lowest BCUT2D eigenvalue weighted by molar-refractivity contribution is 0.0986. The molecule has 0 aliphatic rings. The lowest BCUT2D eigenvalue weighted by Gasteiger charge is -2.18. The van der Waals surface area contributed by atoms with E-state index in [2.05, 4.69) is 10.2 Å². The van der Waals surface area contributed by atoms with E-state index in [1.165, 1.54) is 35.1 Å². The largest absolute Gasteiger partial charge is 0.283 e. The van der Waals surface area contributed by atoms with Crippen molar-refractivity contribution in [3.05, 3.63) is 65.5 Å². The zero-order chi connectivity index (χ0) is 17.8. The molecular formula is C19H18FN3OS. The maximum atomic E-state index is 13.4. The van der Waals surface area contributed by atoms with Crippen molar-refractivity contribution in [1.82, 2.24) is 10.2 Å². The summed E-state index contributed by atoms with van der Waals surface area (Å²) in [6, 6.07) is 13.7. The minimum absolute atomic E-state index is 0.270. The number of halogens is 1. The van der Waals surface area contributed by atoms with Crippen molar-refractivity contribution in [3.63, 3.8) is 0 Å². The highest BCUT2D eigenvalue weighted by Gasteiger charge is 2.21. The summed E-state index contributed by atoms with van der Waals surface area (Å²) in [6.07, 6.45) is 0.764. The van der Waals surface area contributed by atoms with E-state index in [-0.39, 0.29) is 5.91 Å². The van der Waals surface area contributed by atoms with Crippen LogP contribution in [0.25, 0.3) is 10.6 Å². The van der Waals surface area contributed by atoms with E-state index in [0.29, 0.717) is 17.2 Å². The van der Waals surface area contributed by atoms with Crippen molar-refractivity contribution in [1.29, 1.82) is 0 Å². The van der Waals surface area contributed by atoms with Gasteiger partial charge in [0.1, 0.15) is 10.8 Å². The first-order valence-corrected chi connectivity index (χ1v) is 8.88. The maximum Gasteiger partial charge on any atom is 0.260 e. The second-order valence-electron chi connectivity index (χ2n) is 5.72. The summed E-state index contributed by atoms with van der Waals surface area (Å²) < 4.78 is 13.4. The fourth-order valence-electron chi connectivity index (χ4n) is 2.42. The van der Waals surface area contributed by atoms with Crippen LogP contribution in [0.2, 0.25) is 0 Å². The number of carbonyl (C=O) groups excluding carboxylic acids is 1. The number of aryl methyl sites for hydroxylation is 1. The van der Waals surface area contributed by atoms with Crippen molar-refractivity contribution in [2.24, 2.45) is 0 Å². The van der Waals surface area contributed by atoms with Gasteiger partial charge in [-0.05, 0) is 31.5 Å².